The van der Waals surface area contributed by atoms with Crippen LogP contribution in [-0.2, 0) is 9.59 Å². The van der Waals surface area contributed by atoms with Gasteiger partial charge in [-0.25, -0.2) is 0 Å². The fraction of sp³-hybridized carbons (Fsp3) is 0.579. The van der Waals surface area contributed by atoms with Gasteiger partial charge < -0.3 is 15.0 Å². The molecule has 5 nitrogen and oxygen atoms in total. The van der Waals surface area contributed by atoms with Crippen LogP contribution in [0.15, 0.2) is 18.2 Å². The molecule has 2 fully saturated rings. The molecule has 1 atom stereocenters. The van der Waals surface area contributed by atoms with Crippen LogP contribution >= 0.6 is 0 Å². The van der Waals surface area contributed by atoms with Crippen molar-refractivity contribution in [1.29, 1.82) is 0 Å². The summed E-state index contributed by atoms with van der Waals surface area (Å²) in [5.41, 5.74) is 2.24. The third kappa shape index (κ3) is 3.55. The summed E-state index contributed by atoms with van der Waals surface area (Å²) in [5.74, 6) is 1.23. The van der Waals surface area contributed by atoms with Crippen LogP contribution in [-0.4, -0.2) is 43.0 Å². The van der Waals surface area contributed by atoms with Gasteiger partial charge in [-0.1, -0.05) is 18.2 Å². The van der Waals surface area contributed by atoms with Crippen molar-refractivity contribution in [2.24, 2.45) is 5.41 Å². The van der Waals surface area contributed by atoms with Crippen LogP contribution in [0.4, 0.5) is 0 Å². The molecule has 0 saturated carbocycles. The molecule has 1 N–H and O–H groups in total. The first-order valence-corrected chi connectivity index (χ1v) is 8.73. The third-order valence-electron chi connectivity index (χ3n) is 5.18. The fourth-order valence-electron chi connectivity index (χ4n) is 3.77. The van der Waals surface area contributed by atoms with Gasteiger partial charge in [-0.05, 0) is 37.8 Å². The molecule has 1 aromatic rings. The molecule has 0 aromatic heterocycles. The van der Waals surface area contributed by atoms with Gasteiger partial charge in [0.2, 0.25) is 11.8 Å². The van der Waals surface area contributed by atoms with Gasteiger partial charge in [0.25, 0.3) is 0 Å². The van der Waals surface area contributed by atoms with Crippen molar-refractivity contribution in [1.82, 2.24) is 10.2 Å². The first kappa shape index (κ1) is 16.8. The van der Waals surface area contributed by atoms with Crippen LogP contribution in [0.25, 0.3) is 0 Å². The Morgan fingerprint density at radius 2 is 2.08 bits per heavy atom. The molecule has 1 unspecified atom stereocenters. The van der Waals surface area contributed by atoms with E-state index in [0.717, 1.165) is 29.8 Å². The van der Waals surface area contributed by atoms with E-state index in [1.165, 1.54) is 0 Å². The summed E-state index contributed by atoms with van der Waals surface area (Å²) < 4.78 is 5.86. The van der Waals surface area contributed by atoms with E-state index in [1.807, 2.05) is 36.9 Å². The normalized spacial score (nSPS) is 22.9. The van der Waals surface area contributed by atoms with Crippen molar-refractivity contribution in [2.75, 3.05) is 26.2 Å². The number of likely N-dealkylation sites (tertiary alicyclic amines) is 1. The zero-order valence-corrected chi connectivity index (χ0v) is 14.6. The van der Waals surface area contributed by atoms with Gasteiger partial charge in [-0.3, -0.25) is 9.59 Å². The number of amides is 2. The van der Waals surface area contributed by atoms with Crippen LogP contribution in [0.5, 0.6) is 5.75 Å². The molecule has 3 rings (SSSR count). The van der Waals surface area contributed by atoms with Crippen molar-refractivity contribution < 1.29 is 14.3 Å². The highest BCUT2D eigenvalue weighted by molar-refractivity contribution is 5.80. The molecule has 2 saturated heterocycles. The summed E-state index contributed by atoms with van der Waals surface area (Å²) in [6.45, 7) is 6.82. The fourth-order valence-corrected chi connectivity index (χ4v) is 3.77. The molecule has 2 aliphatic rings. The van der Waals surface area contributed by atoms with E-state index in [2.05, 4.69) is 5.32 Å². The number of carbonyl (C=O) groups excluding carboxylic acids is 2. The average Bonchev–Trinajstić information content (AvgIpc) is 3.12. The largest absolute Gasteiger partial charge is 0.493 e. The Balaban J connectivity index is 1.43. The maximum absolute atomic E-state index is 12.4. The monoisotopic (exact) mass is 330 g/mol. The summed E-state index contributed by atoms with van der Waals surface area (Å²) in [6.07, 6.45) is 2.71. The van der Waals surface area contributed by atoms with Crippen LogP contribution in [0, 0.1) is 19.3 Å². The summed E-state index contributed by atoms with van der Waals surface area (Å²) in [7, 11) is 0. The Morgan fingerprint density at radius 3 is 2.75 bits per heavy atom. The standard InChI is InChI=1S/C19H26N2O3/c1-14-5-3-6-15(2)18(14)24-10-4-7-17(23)21-9-8-19(13-21)11-16(22)20-12-19/h3,5-6H,4,7-13H2,1-2H3,(H,20,22). The summed E-state index contributed by atoms with van der Waals surface area (Å²) >= 11 is 0. The minimum absolute atomic E-state index is 0.0124. The topological polar surface area (TPSA) is 58.6 Å². The van der Waals surface area contributed by atoms with Crippen LogP contribution < -0.4 is 10.1 Å². The molecule has 1 spiro atoms. The second-order valence-corrected chi connectivity index (χ2v) is 7.19. The Hall–Kier alpha value is -2.04. The van der Waals surface area contributed by atoms with Crippen LogP contribution in [0.3, 0.4) is 0 Å². The van der Waals surface area contributed by atoms with E-state index < -0.39 is 0 Å². The Bertz CT molecular complexity index is 623. The molecule has 0 radical (unpaired) electrons. The maximum Gasteiger partial charge on any atom is 0.222 e. The van der Waals surface area contributed by atoms with Crippen molar-refractivity contribution in [3.8, 4) is 5.75 Å². The first-order chi connectivity index (χ1) is 11.5. The SMILES string of the molecule is Cc1cccc(C)c1OCCCC(=O)N1CCC2(CNC(=O)C2)C1. The lowest BCUT2D eigenvalue weighted by Gasteiger charge is -2.22. The molecule has 130 valence electrons. The Kier molecular flexibility index (Phi) is 4.78. The maximum atomic E-state index is 12.4. The molecule has 0 bridgehead atoms. The van der Waals surface area contributed by atoms with E-state index in [4.69, 9.17) is 4.74 Å². The highest BCUT2D eigenvalue weighted by Crippen LogP contribution is 2.36. The van der Waals surface area contributed by atoms with Gasteiger partial charge in [0.15, 0.2) is 0 Å². The summed E-state index contributed by atoms with van der Waals surface area (Å²) in [5, 5.41) is 2.90. The number of hydrogen-bond donors (Lipinski definition) is 1. The summed E-state index contributed by atoms with van der Waals surface area (Å²) in [6, 6.07) is 6.09. The molecule has 24 heavy (non-hydrogen) atoms. The number of aryl methyl sites for hydroxylation is 2. The van der Waals surface area contributed by atoms with Gasteiger partial charge in [-0.15, -0.1) is 0 Å². The average molecular weight is 330 g/mol. The van der Waals surface area contributed by atoms with Gasteiger partial charge in [0, 0.05) is 37.9 Å². The lowest BCUT2D eigenvalue weighted by atomic mass is 9.86. The highest BCUT2D eigenvalue weighted by atomic mass is 16.5. The molecule has 2 heterocycles. The van der Waals surface area contributed by atoms with E-state index in [0.29, 0.717) is 39.0 Å². The molecule has 1 aromatic carbocycles. The Morgan fingerprint density at radius 1 is 1.33 bits per heavy atom. The van der Waals surface area contributed by atoms with E-state index in [1.54, 1.807) is 0 Å². The quantitative estimate of drug-likeness (QED) is 0.842. The lowest BCUT2D eigenvalue weighted by Crippen LogP contribution is -2.33. The van der Waals surface area contributed by atoms with E-state index >= 15 is 0 Å². The Labute approximate surface area is 143 Å². The predicted octanol–water partition coefficient (Wildman–Crippen LogP) is 2.20. The number of para-hydroxylation sites is 1. The number of carbonyl (C=O) groups is 2. The molecule has 0 aliphatic carbocycles. The van der Waals surface area contributed by atoms with Crippen molar-refractivity contribution in [3.05, 3.63) is 29.3 Å². The van der Waals surface area contributed by atoms with Crippen molar-refractivity contribution >= 4 is 11.8 Å². The number of nitrogens with one attached hydrogen (secondary N) is 1. The zero-order chi connectivity index (χ0) is 17.2. The second-order valence-electron chi connectivity index (χ2n) is 7.19. The molecule has 2 amide bonds. The zero-order valence-electron chi connectivity index (χ0n) is 14.6. The van der Waals surface area contributed by atoms with Crippen LogP contribution in [0.1, 0.15) is 36.8 Å². The smallest absolute Gasteiger partial charge is 0.222 e. The van der Waals surface area contributed by atoms with Gasteiger partial charge in [0.1, 0.15) is 5.75 Å². The lowest BCUT2D eigenvalue weighted by molar-refractivity contribution is -0.131. The third-order valence-corrected chi connectivity index (χ3v) is 5.18. The number of nitrogens with zero attached hydrogens (tertiary/aromatic N) is 1. The molecule has 2 aliphatic heterocycles. The highest BCUT2D eigenvalue weighted by Gasteiger charge is 2.44. The summed E-state index contributed by atoms with van der Waals surface area (Å²) in [4.78, 5) is 25.7. The molecular formula is C19H26N2O3. The number of hydrogen-bond acceptors (Lipinski definition) is 3. The van der Waals surface area contributed by atoms with Gasteiger partial charge >= 0.3 is 0 Å². The first-order valence-electron chi connectivity index (χ1n) is 8.73. The minimum atomic E-state index is -0.0124. The van der Waals surface area contributed by atoms with Gasteiger partial charge in [-0.2, -0.15) is 0 Å². The van der Waals surface area contributed by atoms with E-state index in [-0.39, 0.29) is 17.2 Å². The second kappa shape index (κ2) is 6.83. The number of rotatable bonds is 5. The van der Waals surface area contributed by atoms with Crippen molar-refractivity contribution in [2.45, 2.75) is 39.5 Å². The molecule has 5 heteroatoms. The number of ether oxygens (including phenoxy) is 1. The number of benzene rings is 1. The van der Waals surface area contributed by atoms with Crippen molar-refractivity contribution in [3.63, 3.8) is 0 Å². The van der Waals surface area contributed by atoms with Gasteiger partial charge in [0.05, 0.1) is 6.61 Å². The molecular weight excluding hydrogens is 304 g/mol. The predicted molar refractivity (Wildman–Crippen MR) is 91.9 cm³/mol. The minimum Gasteiger partial charge on any atom is -0.493 e. The van der Waals surface area contributed by atoms with Crippen LogP contribution in [0.2, 0.25) is 0 Å². The van der Waals surface area contributed by atoms with E-state index in [9.17, 15) is 9.59 Å².